The van der Waals surface area contributed by atoms with Gasteiger partial charge in [0.05, 0.1) is 24.3 Å². The SMILES string of the molecule is CCOP(COc1c2c(c(O)c3ncccc13)C(=O)N(Cc1ccc(F)cc1)C2O)OCC. The molecule has 174 valence electrons. The highest BCUT2D eigenvalue weighted by Gasteiger charge is 2.42. The van der Waals surface area contributed by atoms with Crippen molar-refractivity contribution in [2.24, 2.45) is 0 Å². The highest BCUT2D eigenvalue weighted by molar-refractivity contribution is 7.47. The van der Waals surface area contributed by atoms with Gasteiger partial charge in [-0.15, -0.1) is 0 Å². The molecule has 0 saturated heterocycles. The second-order valence-corrected chi connectivity index (χ2v) is 8.68. The Balaban J connectivity index is 1.75. The third-order valence-corrected chi connectivity index (χ3v) is 6.61. The van der Waals surface area contributed by atoms with Gasteiger partial charge < -0.3 is 28.9 Å². The summed E-state index contributed by atoms with van der Waals surface area (Å²) in [5.74, 6) is -1.06. The van der Waals surface area contributed by atoms with Gasteiger partial charge in [-0.1, -0.05) is 12.1 Å². The van der Waals surface area contributed by atoms with Crippen LogP contribution in [0.5, 0.6) is 11.5 Å². The zero-order valence-electron chi connectivity index (χ0n) is 18.2. The lowest BCUT2D eigenvalue weighted by Gasteiger charge is -2.23. The number of aromatic hydroxyl groups is 1. The second kappa shape index (κ2) is 9.97. The Morgan fingerprint density at radius 1 is 1.15 bits per heavy atom. The van der Waals surface area contributed by atoms with Crippen LogP contribution >= 0.6 is 8.38 Å². The molecule has 1 aromatic heterocycles. The molecule has 2 aromatic carbocycles. The normalized spacial score (nSPS) is 15.5. The number of nitrogens with zero attached hydrogens (tertiary/aromatic N) is 2. The molecule has 2 N–H and O–H groups in total. The number of pyridine rings is 1. The van der Waals surface area contributed by atoms with E-state index in [2.05, 4.69) is 4.98 Å². The molecule has 0 radical (unpaired) electrons. The molecule has 10 heteroatoms. The van der Waals surface area contributed by atoms with Crippen molar-refractivity contribution in [3.63, 3.8) is 0 Å². The number of rotatable bonds is 9. The maximum atomic E-state index is 13.3. The molecule has 2 heterocycles. The monoisotopic (exact) mass is 474 g/mol. The lowest BCUT2D eigenvalue weighted by Crippen LogP contribution is -2.27. The van der Waals surface area contributed by atoms with Gasteiger partial charge in [-0.3, -0.25) is 9.78 Å². The van der Waals surface area contributed by atoms with Gasteiger partial charge >= 0.3 is 0 Å². The van der Waals surface area contributed by atoms with Gasteiger partial charge in [0.2, 0.25) is 8.38 Å². The number of fused-ring (bicyclic) bond motifs is 2. The third-order valence-electron chi connectivity index (χ3n) is 5.18. The zero-order chi connectivity index (χ0) is 23.5. The molecule has 1 atom stereocenters. The summed E-state index contributed by atoms with van der Waals surface area (Å²) in [6.45, 7) is 4.60. The number of hydrogen-bond acceptors (Lipinski definition) is 7. The number of carbonyl (C=O) groups excluding carboxylic acids is 1. The van der Waals surface area contributed by atoms with Crippen molar-refractivity contribution >= 4 is 25.2 Å². The number of aliphatic hydroxyl groups excluding tert-OH is 1. The van der Waals surface area contributed by atoms with Gasteiger partial charge in [0.15, 0.2) is 18.3 Å². The highest BCUT2D eigenvalue weighted by atomic mass is 31.2. The maximum Gasteiger partial charge on any atom is 0.260 e. The number of hydrogen-bond donors (Lipinski definition) is 2. The summed E-state index contributed by atoms with van der Waals surface area (Å²) < 4.78 is 30.5. The number of benzene rings is 2. The Morgan fingerprint density at radius 2 is 1.85 bits per heavy atom. The molecule has 1 aliphatic heterocycles. The molecule has 1 unspecified atom stereocenters. The predicted octanol–water partition coefficient (Wildman–Crippen LogP) is 4.45. The molecule has 8 nitrogen and oxygen atoms in total. The molecule has 1 aliphatic rings. The van der Waals surface area contributed by atoms with Crippen LogP contribution in [0, 0.1) is 5.82 Å². The van der Waals surface area contributed by atoms with Crippen molar-refractivity contribution in [3.8, 4) is 11.5 Å². The Hall–Kier alpha value is -2.84. The number of aromatic nitrogens is 1. The van der Waals surface area contributed by atoms with Crippen molar-refractivity contribution in [1.29, 1.82) is 0 Å². The molecule has 33 heavy (non-hydrogen) atoms. The van der Waals surface area contributed by atoms with E-state index < -0.39 is 26.3 Å². The maximum absolute atomic E-state index is 13.3. The number of amides is 1. The molecule has 3 aromatic rings. The van der Waals surface area contributed by atoms with E-state index >= 15 is 0 Å². The summed E-state index contributed by atoms with van der Waals surface area (Å²) in [6, 6.07) is 9.00. The van der Waals surface area contributed by atoms with Crippen molar-refractivity contribution in [3.05, 3.63) is 65.1 Å². The summed E-state index contributed by atoms with van der Waals surface area (Å²) in [7, 11) is -1.35. The van der Waals surface area contributed by atoms with E-state index in [0.29, 0.717) is 24.2 Å². The van der Waals surface area contributed by atoms with Crippen LogP contribution in [-0.2, 0) is 15.6 Å². The standard InChI is InChI=1S/C23H24FN2O6P/c1-3-31-33(32-4-2)13-30-21-16-6-5-11-25-19(16)20(27)17-18(21)23(29)26(22(17)28)12-14-7-9-15(24)10-8-14/h5-11,23,27,29H,3-4,12-13H2,1-2H3. The van der Waals surface area contributed by atoms with Crippen LogP contribution in [0.3, 0.4) is 0 Å². The number of aliphatic hydroxyl groups is 1. The van der Waals surface area contributed by atoms with E-state index in [0.717, 1.165) is 0 Å². The van der Waals surface area contributed by atoms with E-state index in [1.165, 1.54) is 35.4 Å². The summed E-state index contributed by atoms with van der Waals surface area (Å²) in [5, 5.41) is 22.5. The van der Waals surface area contributed by atoms with Crippen LogP contribution in [0.2, 0.25) is 0 Å². The Morgan fingerprint density at radius 3 is 2.52 bits per heavy atom. The Labute approximate surface area is 191 Å². The number of phenolic OH excluding ortho intramolecular Hbond substituents is 1. The number of carbonyl (C=O) groups is 1. The van der Waals surface area contributed by atoms with Gasteiger partial charge in [0, 0.05) is 18.1 Å². The molecule has 1 amide bonds. The lowest BCUT2D eigenvalue weighted by molar-refractivity contribution is 0.0128. The largest absolute Gasteiger partial charge is 0.505 e. The van der Waals surface area contributed by atoms with Gasteiger partial charge in [-0.25, -0.2) is 4.39 Å². The molecule has 0 bridgehead atoms. The molecule has 4 rings (SSSR count). The van der Waals surface area contributed by atoms with Crippen molar-refractivity contribution in [2.75, 3.05) is 19.6 Å². The summed E-state index contributed by atoms with van der Waals surface area (Å²) >= 11 is 0. The smallest absolute Gasteiger partial charge is 0.260 e. The van der Waals surface area contributed by atoms with Crippen LogP contribution in [0.25, 0.3) is 10.9 Å². The minimum Gasteiger partial charge on any atom is -0.505 e. The molecule has 0 aliphatic carbocycles. The molecular formula is C23H24FN2O6P. The quantitative estimate of drug-likeness (QED) is 0.442. The summed E-state index contributed by atoms with van der Waals surface area (Å²) in [6.07, 6.45) is 0.183. The minimum atomic E-state index is -1.38. The second-order valence-electron chi connectivity index (χ2n) is 7.24. The van der Waals surface area contributed by atoms with Gasteiger partial charge in [-0.2, -0.15) is 0 Å². The highest BCUT2D eigenvalue weighted by Crippen LogP contribution is 2.49. The Bertz CT molecular complexity index is 1150. The first-order chi connectivity index (χ1) is 16.0. The van der Waals surface area contributed by atoms with Gasteiger partial charge in [0.25, 0.3) is 5.91 Å². The Kier molecular flexibility index (Phi) is 7.05. The fourth-order valence-corrected chi connectivity index (χ4v) is 4.81. The fourth-order valence-electron chi connectivity index (χ4n) is 3.77. The first-order valence-corrected chi connectivity index (χ1v) is 11.9. The number of halogens is 1. The fraction of sp³-hybridized carbons (Fsp3) is 0.304. The molecule has 0 saturated carbocycles. The van der Waals surface area contributed by atoms with Crippen molar-refractivity contribution in [1.82, 2.24) is 9.88 Å². The lowest BCUT2D eigenvalue weighted by atomic mass is 10.0. The third kappa shape index (κ3) is 4.50. The zero-order valence-corrected chi connectivity index (χ0v) is 19.1. The molecule has 0 fully saturated rings. The van der Waals surface area contributed by atoms with E-state index in [-0.39, 0.29) is 41.0 Å². The van der Waals surface area contributed by atoms with E-state index in [1.807, 2.05) is 13.8 Å². The van der Waals surface area contributed by atoms with Crippen LogP contribution in [0.1, 0.15) is 41.6 Å². The van der Waals surface area contributed by atoms with Crippen LogP contribution in [0.15, 0.2) is 42.6 Å². The molecule has 0 spiro atoms. The summed E-state index contributed by atoms with van der Waals surface area (Å²) in [5.41, 5.74) is 0.899. The van der Waals surface area contributed by atoms with Crippen LogP contribution in [-0.4, -0.2) is 45.6 Å². The first-order valence-electron chi connectivity index (χ1n) is 10.5. The van der Waals surface area contributed by atoms with Crippen LogP contribution in [0.4, 0.5) is 4.39 Å². The number of ether oxygens (including phenoxy) is 1. The van der Waals surface area contributed by atoms with Crippen LogP contribution < -0.4 is 4.74 Å². The van der Waals surface area contributed by atoms with E-state index in [1.54, 1.807) is 12.1 Å². The number of phenols is 1. The average Bonchev–Trinajstić information content (AvgIpc) is 3.06. The van der Waals surface area contributed by atoms with Gasteiger partial charge in [0.1, 0.15) is 17.1 Å². The van der Waals surface area contributed by atoms with E-state index in [4.69, 9.17) is 13.8 Å². The van der Waals surface area contributed by atoms with Crippen molar-refractivity contribution in [2.45, 2.75) is 26.6 Å². The average molecular weight is 474 g/mol. The van der Waals surface area contributed by atoms with Gasteiger partial charge in [-0.05, 0) is 43.7 Å². The topological polar surface area (TPSA) is 101 Å². The minimum absolute atomic E-state index is 0.0161. The van der Waals surface area contributed by atoms with E-state index in [9.17, 15) is 19.4 Å². The summed E-state index contributed by atoms with van der Waals surface area (Å²) in [4.78, 5) is 18.6. The predicted molar refractivity (Wildman–Crippen MR) is 120 cm³/mol. The molecular weight excluding hydrogens is 450 g/mol. The first kappa shape index (κ1) is 23.3. The van der Waals surface area contributed by atoms with Crippen molar-refractivity contribution < 1.29 is 33.2 Å².